The Morgan fingerprint density at radius 2 is 1.05 bits per heavy atom. The first kappa shape index (κ1) is 66.1. The number of pyridine rings is 3. The Labute approximate surface area is 544 Å². The predicted molar refractivity (Wildman–Crippen MR) is 369 cm³/mol. The lowest BCUT2D eigenvalue weighted by molar-refractivity contribution is 0.583. The second kappa shape index (κ2) is 26.4. The summed E-state index contributed by atoms with van der Waals surface area (Å²) in [5.74, 6) is 1.06. The topological polar surface area (TPSA) is 223 Å². The minimum absolute atomic E-state index is 0.0218. The van der Waals surface area contributed by atoms with Gasteiger partial charge in [-0.25, -0.2) is 41.5 Å². The SMILES string of the molecule is Cc1cc(CS(=O)(=O)c2ccc(C(C)(C)C)cc2)n(Cc2cccc3cnccc23)n1.Cc1cc(NS(=O)(=O)c2ccc(C(C)(C)C)cc2)n(-c2cc3ccccc3cn2)n1.[C-]#[N+]Cc1cc(NS(=O)(=O)c2ccc(C(C)(C)C)cc2)n(-c2cccc3ncccc23)n1. The molecule has 21 heteroatoms. The number of nitrogens with zero attached hydrogens (tertiary/aromatic N) is 10. The number of benzene rings is 6. The van der Waals surface area contributed by atoms with E-state index in [0.29, 0.717) is 45.8 Å². The molecule has 476 valence electrons. The van der Waals surface area contributed by atoms with Crippen LogP contribution in [0, 0.1) is 20.4 Å². The van der Waals surface area contributed by atoms with E-state index in [1.54, 1.807) is 71.8 Å². The van der Waals surface area contributed by atoms with Crippen molar-refractivity contribution in [1.29, 1.82) is 0 Å². The molecule has 0 fully saturated rings. The zero-order chi connectivity index (χ0) is 66.7. The summed E-state index contributed by atoms with van der Waals surface area (Å²) in [7, 11) is -11.1. The molecule has 0 aliphatic carbocycles. The lowest BCUT2D eigenvalue weighted by Gasteiger charge is -2.19. The number of sulfone groups is 1. The molecule has 93 heavy (non-hydrogen) atoms. The van der Waals surface area contributed by atoms with E-state index < -0.39 is 29.9 Å². The number of aryl methyl sites for hydroxylation is 2. The fourth-order valence-corrected chi connectivity index (χ4v) is 13.9. The van der Waals surface area contributed by atoms with Gasteiger partial charge in [0.05, 0.1) is 55.3 Å². The van der Waals surface area contributed by atoms with Crippen LogP contribution in [0.15, 0.2) is 215 Å². The maximum atomic E-state index is 13.2. The molecule has 0 radical (unpaired) electrons. The number of hydrogen-bond acceptors (Lipinski definition) is 12. The van der Waals surface area contributed by atoms with Crippen molar-refractivity contribution in [1.82, 2.24) is 44.3 Å². The van der Waals surface area contributed by atoms with E-state index in [2.05, 4.69) is 107 Å². The maximum Gasteiger partial charge on any atom is 0.263 e. The number of anilines is 2. The monoisotopic (exact) mass is 1300 g/mol. The molecule has 18 nitrogen and oxygen atoms in total. The third kappa shape index (κ3) is 15.5. The summed E-state index contributed by atoms with van der Waals surface area (Å²) in [6.07, 6.45) is 7.06. The van der Waals surface area contributed by atoms with Crippen LogP contribution in [0.2, 0.25) is 0 Å². The Kier molecular flexibility index (Phi) is 18.7. The normalized spacial score (nSPS) is 12.2. The molecule has 0 bridgehead atoms. The molecule has 0 spiro atoms. The van der Waals surface area contributed by atoms with Crippen molar-refractivity contribution in [2.45, 2.75) is 126 Å². The average Bonchev–Trinajstić information content (AvgIpc) is 1.75. The highest BCUT2D eigenvalue weighted by Gasteiger charge is 2.25. The van der Waals surface area contributed by atoms with Gasteiger partial charge in [0.1, 0.15) is 17.3 Å². The molecule has 0 saturated heterocycles. The number of fused-ring (bicyclic) bond motifs is 3. The highest BCUT2D eigenvalue weighted by atomic mass is 32.2. The second-order valence-electron chi connectivity index (χ2n) is 25.8. The molecule has 12 aromatic rings. The van der Waals surface area contributed by atoms with Gasteiger partial charge in [-0.1, -0.05) is 147 Å². The highest BCUT2D eigenvalue weighted by Crippen LogP contribution is 2.31. The third-order valence-electron chi connectivity index (χ3n) is 15.6. The van der Waals surface area contributed by atoms with Gasteiger partial charge in [0, 0.05) is 53.1 Å². The van der Waals surface area contributed by atoms with Crippen LogP contribution < -0.4 is 9.44 Å². The van der Waals surface area contributed by atoms with Crippen LogP contribution in [0.5, 0.6) is 0 Å². The lowest BCUT2D eigenvalue weighted by Crippen LogP contribution is -2.17. The molecular formula is C72H74N12O6S3. The van der Waals surface area contributed by atoms with Crippen LogP contribution in [0.3, 0.4) is 0 Å². The first-order valence-corrected chi connectivity index (χ1v) is 34.7. The van der Waals surface area contributed by atoms with Crippen LogP contribution in [0.4, 0.5) is 11.6 Å². The molecule has 6 aromatic heterocycles. The minimum Gasteiger partial charge on any atom is -0.310 e. The molecule has 0 aliphatic rings. The molecule has 6 heterocycles. The van der Waals surface area contributed by atoms with Crippen LogP contribution >= 0.6 is 0 Å². The van der Waals surface area contributed by atoms with E-state index in [1.807, 2.05) is 147 Å². The largest absolute Gasteiger partial charge is 0.310 e. The van der Waals surface area contributed by atoms with E-state index in [1.165, 1.54) is 9.36 Å². The maximum absolute atomic E-state index is 13.2. The Hall–Kier alpha value is -9.88. The summed E-state index contributed by atoms with van der Waals surface area (Å²) in [6.45, 7) is 30.2. The summed E-state index contributed by atoms with van der Waals surface area (Å²) in [4.78, 5) is 17.1. The van der Waals surface area contributed by atoms with Gasteiger partial charge in [-0.3, -0.25) is 24.1 Å². The molecule has 6 aromatic carbocycles. The van der Waals surface area contributed by atoms with E-state index in [-0.39, 0.29) is 44.2 Å². The number of nitrogens with one attached hydrogen (secondary N) is 2. The first-order valence-electron chi connectivity index (χ1n) is 30.1. The number of rotatable bonds is 14. The van der Waals surface area contributed by atoms with E-state index in [9.17, 15) is 25.3 Å². The van der Waals surface area contributed by atoms with Crippen molar-refractivity contribution in [3.05, 3.63) is 257 Å². The average molecular weight is 1300 g/mol. The van der Waals surface area contributed by atoms with Crippen molar-refractivity contribution in [2.75, 3.05) is 9.44 Å². The van der Waals surface area contributed by atoms with Crippen molar-refractivity contribution in [3.63, 3.8) is 0 Å². The smallest absolute Gasteiger partial charge is 0.263 e. The number of aromatic nitrogens is 9. The molecule has 12 rings (SSSR count). The molecule has 0 unspecified atom stereocenters. The zero-order valence-electron chi connectivity index (χ0n) is 53.8. The molecule has 2 N–H and O–H groups in total. The van der Waals surface area contributed by atoms with Crippen LogP contribution in [-0.4, -0.2) is 69.5 Å². The van der Waals surface area contributed by atoms with Crippen molar-refractivity contribution in [2.24, 2.45) is 0 Å². The highest BCUT2D eigenvalue weighted by molar-refractivity contribution is 7.93. The summed E-state index contributed by atoms with van der Waals surface area (Å²) in [5.41, 5.74) is 8.24. The standard InChI is InChI=1S/C25H27N3O2S.C24H23N5O2S.C23H24N4O2S/c1-18-14-22(17-31(29,30)23-10-8-21(9-11-23)25(2,3)4)28(27-18)16-20-7-5-6-19-15-26-13-12-24(19)20;1-24(2,3)17-10-12-19(13-11-17)32(30,31)28-23-15-18(16-25-4)27-29(23)22-9-5-8-21-20(22)7-6-14-26-21;1-16-13-22(26-30(28,29)20-11-9-19(10-12-20)23(2,3)4)27(25-16)21-14-17-7-5-6-8-18(17)15-24-21/h5-15H,16-17H2,1-4H3;5-15,28H,16H2,1-3H3;5-15,26H,1-4H3. The van der Waals surface area contributed by atoms with Gasteiger partial charge < -0.3 is 4.85 Å². The van der Waals surface area contributed by atoms with E-state index in [4.69, 9.17) is 6.57 Å². The fraction of sp³-hybridized carbons (Fsp3) is 0.236. The number of hydrogen-bond donors (Lipinski definition) is 2. The molecular weight excluding hydrogens is 1230 g/mol. The molecule has 0 aliphatic heterocycles. The van der Waals surface area contributed by atoms with Crippen molar-refractivity contribution < 1.29 is 25.3 Å². The second-order valence-corrected chi connectivity index (χ2v) is 31.2. The summed E-state index contributed by atoms with van der Waals surface area (Å²) in [5, 5.41) is 18.5. The molecule has 0 saturated carbocycles. The van der Waals surface area contributed by atoms with Gasteiger partial charge in [-0.2, -0.15) is 20.0 Å². The van der Waals surface area contributed by atoms with Crippen LogP contribution in [-0.2, 0) is 65.0 Å². The lowest BCUT2D eigenvalue weighted by atomic mass is 9.87. The summed E-state index contributed by atoms with van der Waals surface area (Å²) in [6, 6.07) is 53.2. The first-order chi connectivity index (χ1) is 44.0. The predicted octanol–water partition coefficient (Wildman–Crippen LogP) is 14.8. The van der Waals surface area contributed by atoms with Crippen molar-refractivity contribution >= 4 is 74.0 Å². The van der Waals surface area contributed by atoms with Crippen LogP contribution in [0.25, 0.3) is 48.8 Å². The van der Waals surface area contributed by atoms with Crippen LogP contribution in [0.1, 0.15) is 107 Å². The van der Waals surface area contributed by atoms with E-state index in [0.717, 1.165) is 60.4 Å². The summed E-state index contributed by atoms with van der Waals surface area (Å²) < 4.78 is 88.7. The summed E-state index contributed by atoms with van der Waals surface area (Å²) >= 11 is 0. The van der Waals surface area contributed by atoms with Gasteiger partial charge in [-0.05, 0) is 142 Å². The third-order valence-corrected chi connectivity index (χ3v) is 20.0. The van der Waals surface area contributed by atoms with Gasteiger partial charge in [0.15, 0.2) is 15.7 Å². The quantitative estimate of drug-likeness (QED) is 0.0970. The number of sulfonamides is 2. The molecule has 0 atom stereocenters. The van der Waals surface area contributed by atoms with Crippen molar-refractivity contribution in [3.8, 4) is 11.5 Å². The van der Waals surface area contributed by atoms with Gasteiger partial charge in [-0.15, -0.1) is 0 Å². The van der Waals surface area contributed by atoms with E-state index >= 15 is 0 Å². The van der Waals surface area contributed by atoms with Gasteiger partial charge in [0.2, 0.25) is 0 Å². The minimum atomic E-state index is -3.86. The van der Waals surface area contributed by atoms with Gasteiger partial charge in [0.25, 0.3) is 26.6 Å². The Morgan fingerprint density at radius 3 is 1.66 bits per heavy atom. The zero-order valence-corrected chi connectivity index (χ0v) is 56.3. The Balaban J connectivity index is 0.000000153. The fourth-order valence-electron chi connectivity index (χ4n) is 10.5. The molecule has 0 amide bonds. The Morgan fingerprint density at radius 1 is 0.495 bits per heavy atom. The Bertz CT molecular complexity index is 5080. The van der Waals surface area contributed by atoms with Gasteiger partial charge >= 0.3 is 0 Å².